The van der Waals surface area contributed by atoms with Crippen molar-refractivity contribution in [1.82, 2.24) is 10.2 Å². The SMILES string of the molecule is Cc1ccc(Cl)cc1N1CCN(C(=O)[C@@]2(S(=O)(=O)c3cccc(Cl)c3)CNCC[C@H]2c2ccc(F)cc2)CC1. The summed E-state index contributed by atoms with van der Waals surface area (Å²) in [5, 5.41) is 4.09. The summed E-state index contributed by atoms with van der Waals surface area (Å²) in [6, 6.07) is 17.5. The minimum Gasteiger partial charge on any atom is -0.368 e. The lowest BCUT2D eigenvalue weighted by molar-refractivity contribution is -0.135. The van der Waals surface area contributed by atoms with Gasteiger partial charge < -0.3 is 15.1 Å². The smallest absolute Gasteiger partial charge is 0.246 e. The zero-order valence-electron chi connectivity index (χ0n) is 21.5. The predicted octanol–water partition coefficient (Wildman–Crippen LogP) is 5.08. The zero-order chi connectivity index (χ0) is 27.8. The second kappa shape index (κ2) is 11.1. The number of hydrogen-bond acceptors (Lipinski definition) is 5. The lowest BCUT2D eigenvalue weighted by atomic mass is 9.79. The van der Waals surface area contributed by atoms with E-state index < -0.39 is 32.2 Å². The molecule has 2 aliphatic heterocycles. The molecule has 0 unspecified atom stereocenters. The van der Waals surface area contributed by atoms with Gasteiger partial charge in [-0.1, -0.05) is 47.5 Å². The van der Waals surface area contributed by atoms with Crippen LogP contribution in [0.1, 0.15) is 23.5 Å². The third-order valence-corrected chi connectivity index (χ3v) is 10.8. The molecule has 206 valence electrons. The van der Waals surface area contributed by atoms with E-state index in [-0.39, 0.29) is 16.5 Å². The van der Waals surface area contributed by atoms with Gasteiger partial charge in [-0.2, -0.15) is 0 Å². The number of carbonyl (C=O) groups is 1. The average Bonchev–Trinajstić information content (AvgIpc) is 2.94. The molecule has 2 aliphatic rings. The highest BCUT2D eigenvalue weighted by molar-refractivity contribution is 7.93. The van der Waals surface area contributed by atoms with Crippen LogP contribution < -0.4 is 10.2 Å². The second-order valence-electron chi connectivity index (χ2n) is 10.1. The Kier molecular flexibility index (Phi) is 7.93. The van der Waals surface area contributed by atoms with Crippen LogP contribution in [0.15, 0.2) is 71.6 Å². The number of piperidine rings is 1. The third kappa shape index (κ3) is 5.15. The van der Waals surface area contributed by atoms with Crippen LogP contribution in [-0.4, -0.2) is 63.2 Å². The highest BCUT2D eigenvalue weighted by Gasteiger charge is 2.59. The van der Waals surface area contributed by atoms with Crippen molar-refractivity contribution in [3.63, 3.8) is 0 Å². The first-order valence-corrected chi connectivity index (χ1v) is 15.1. The van der Waals surface area contributed by atoms with Crippen LogP contribution >= 0.6 is 23.2 Å². The van der Waals surface area contributed by atoms with Crippen LogP contribution in [0.4, 0.5) is 10.1 Å². The highest BCUT2D eigenvalue weighted by Crippen LogP contribution is 2.44. The molecule has 2 saturated heterocycles. The van der Waals surface area contributed by atoms with Gasteiger partial charge in [0.05, 0.1) is 4.90 Å². The molecule has 2 fully saturated rings. The lowest BCUT2D eigenvalue weighted by Crippen LogP contribution is -2.66. The van der Waals surface area contributed by atoms with E-state index in [1.54, 1.807) is 29.2 Å². The van der Waals surface area contributed by atoms with E-state index in [2.05, 4.69) is 10.2 Å². The molecule has 3 aromatic carbocycles. The largest absolute Gasteiger partial charge is 0.368 e. The Morgan fingerprint density at radius 3 is 2.36 bits per heavy atom. The number of amides is 1. The molecule has 0 spiro atoms. The Morgan fingerprint density at radius 1 is 0.974 bits per heavy atom. The molecule has 6 nitrogen and oxygen atoms in total. The fraction of sp³-hybridized carbons (Fsp3) is 0.345. The molecule has 0 aliphatic carbocycles. The monoisotopic (exact) mass is 589 g/mol. The fourth-order valence-corrected chi connectivity index (χ4v) is 8.48. The van der Waals surface area contributed by atoms with E-state index in [4.69, 9.17) is 23.2 Å². The molecule has 3 aromatic rings. The van der Waals surface area contributed by atoms with Crippen LogP contribution in [0.5, 0.6) is 0 Å². The molecular formula is C29H30Cl2FN3O3S. The number of nitrogens with one attached hydrogen (secondary N) is 1. The highest BCUT2D eigenvalue weighted by atomic mass is 35.5. The maximum absolute atomic E-state index is 14.6. The molecule has 0 saturated carbocycles. The van der Waals surface area contributed by atoms with Crippen LogP contribution in [0.25, 0.3) is 0 Å². The average molecular weight is 591 g/mol. The Hall–Kier alpha value is -2.65. The van der Waals surface area contributed by atoms with E-state index in [1.807, 2.05) is 25.1 Å². The quantitative estimate of drug-likeness (QED) is 0.449. The molecule has 10 heteroatoms. The van der Waals surface area contributed by atoms with Crippen LogP contribution in [-0.2, 0) is 14.6 Å². The molecule has 39 heavy (non-hydrogen) atoms. The maximum atomic E-state index is 14.6. The van der Waals surface area contributed by atoms with Crippen LogP contribution in [0.2, 0.25) is 10.0 Å². The minimum atomic E-state index is -4.24. The van der Waals surface area contributed by atoms with Gasteiger partial charge in [-0.3, -0.25) is 4.79 Å². The molecule has 1 N–H and O–H groups in total. The van der Waals surface area contributed by atoms with Gasteiger partial charge in [0.15, 0.2) is 14.6 Å². The molecule has 5 rings (SSSR count). The van der Waals surface area contributed by atoms with Gasteiger partial charge in [-0.05, 0) is 73.5 Å². The number of aryl methyl sites for hydroxylation is 1. The summed E-state index contributed by atoms with van der Waals surface area (Å²) in [4.78, 5) is 18.4. The minimum absolute atomic E-state index is 0.00708. The molecule has 2 heterocycles. The molecule has 0 radical (unpaired) electrons. The summed E-state index contributed by atoms with van der Waals surface area (Å²) in [5.74, 6) is -1.55. The first kappa shape index (κ1) is 27.9. The third-order valence-electron chi connectivity index (χ3n) is 7.86. The zero-order valence-corrected chi connectivity index (χ0v) is 23.9. The summed E-state index contributed by atoms with van der Waals surface area (Å²) < 4.78 is 41.0. The van der Waals surface area contributed by atoms with Gasteiger partial charge in [0, 0.05) is 54.4 Å². The van der Waals surface area contributed by atoms with Crippen LogP contribution in [0, 0.1) is 12.7 Å². The number of carbonyl (C=O) groups excluding carboxylic acids is 1. The summed E-state index contributed by atoms with van der Waals surface area (Å²) in [6.07, 6.45) is 0.402. The van der Waals surface area contributed by atoms with Crippen molar-refractivity contribution in [3.8, 4) is 0 Å². The molecule has 0 aromatic heterocycles. The van der Waals surface area contributed by atoms with E-state index in [0.29, 0.717) is 49.7 Å². The van der Waals surface area contributed by atoms with Crippen molar-refractivity contribution in [1.29, 1.82) is 0 Å². The van der Waals surface area contributed by atoms with Crippen molar-refractivity contribution in [2.75, 3.05) is 44.2 Å². The number of benzene rings is 3. The normalized spacial score (nSPS) is 22.1. The number of rotatable bonds is 5. The first-order chi connectivity index (χ1) is 18.6. The first-order valence-electron chi connectivity index (χ1n) is 12.9. The van der Waals surface area contributed by atoms with Crippen LogP contribution in [0.3, 0.4) is 0 Å². The van der Waals surface area contributed by atoms with Gasteiger partial charge in [0.2, 0.25) is 5.91 Å². The molecular weight excluding hydrogens is 560 g/mol. The Balaban J connectivity index is 1.55. The van der Waals surface area contributed by atoms with Crippen molar-refractivity contribution in [2.45, 2.75) is 28.9 Å². The fourth-order valence-electron chi connectivity index (χ4n) is 5.82. The van der Waals surface area contributed by atoms with E-state index in [9.17, 15) is 17.6 Å². The Bertz CT molecular complexity index is 1480. The number of hydrogen-bond donors (Lipinski definition) is 1. The summed E-state index contributed by atoms with van der Waals surface area (Å²) >= 11 is 12.4. The van der Waals surface area contributed by atoms with Gasteiger partial charge >= 0.3 is 0 Å². The van der Waals surface area contributed by atoms with E-state index in [0.717, 1.165) is 11.3 Å². The van der Waals surface area contributed by atoms with Crippen molar-refractivity contribution in [3.05, 3.63) is 93.7 Å². The number of sulfone groups is 1. The Morgan fingerprint density at radius 2 is 1.67 bits per heavy atom. The van der Waals surface area contributed by atoms with E-state index >= 15 is 0 Å². The summed E-state index contributed by atoms with van der Waals surface area (Å²) in [7, 11) is -4.24. The maximum Gasteiger partial charge on any atom is 0.246 e. The number of halogens is 3. The molecule has 0 bridgehead atoms. The van der Waals surface area contributed by atoms with Crippen molar-refractivity contribution < 1.29 is 17.6 Å². The van der Waals surface area contributed by atoms with E-state index in [1.165, 1.54) is 24.3 Å². The van der Waals surface area contributed by atoms with Gasteiger partial charge in [0.25, 0.3) is 0 Å². The lowest BCUT2D eigenvalue weighted by Gasteiger charge is -2.47. The van der Waals surface area contributed by atoms with Gasteiger partial charge in [-0.15, -0.1) is 0 Å². The van der Waals surface area contributed by atoms with Crippen molar-refractivity contribution in [2.24, 2.45) is 0 Å². The van der Waals surface area contributed by atoms with Crippen molar-refractivity contribution >= 4 is 44.6 Å². The number of nitrogens with zero attached hydrogens (tertiary/aromatic N) is 2. The second-order valence-corrected chi connectivity index (χ2v) is 13.2. The standard InChI is InChI=1S/C29H30Cl2FN3O3S/c1-20-5-8-23(31)18-27(20)34-13-15-35(16-14-34)28(36)29(39(37,38)25-4-2-3-22(30)17-25)19-33-12-11-26(29)21-6-9-24(32)10-7-21/h2-10,17-18,26,33H,11-16,19H2,1H3/t26-,29+/m0/s1. The molecule has 1 amide bonds. The van der Waals surface area contributed by atoms with Gasteiger partial charge in [0.1, 0.15) is 5.82 Å². The topological polar surface area (TPSA) is 69.7 Å². The number of anilines is 1. The number of piperazine rings is 1. The predicted molar refractivity (Wildman–Crippen MR) is 153 cm³/mol. The summed E-state index contributed by atoms with van der Waals surface area (Å²) in [5.41, 5.74) is 2.69. The molecule has 2 atom stereocenters. The summed E-state index contributed by atoms with van der Waals surface area (Å²) in [6.45, 7) is 4.27. The van der Waals surface area contributed by atoms with Gasteiger partial charge in [-0.25, -0.2) is 12.8 Å². The Labute approximate surface area is 238 Å².